The maximum Gasteiger partial charge on any atom is 0.490 e. The largest absolute Gasteiger partial charge is 0.490 e. The smallest absolute Gasteiger partial charge is 0.387 e. The molecule has 17 nitrogen and oxygen atoms in total. The molecule has 0 radical (unpaired) electrons. The maximum atomic E-state index is 14.1. The van der Waals surface area contributed by atoms with Crippen molar-refractivity contribution in [2.45, 2.75) is 24.4 Å². The van der Waals surface area contributed by atoms with E-state index in [0.717, 1.165) is 10.6 Å². The van der Waals surface area contributed by atoms with E-state index in [0.29, 0.717) is 6.07 Å². The highest BCUT2D eigenvalue weighted by molar-refractivity contribution is 7.71. The molecule has 190 valence electrons. The lowest BCUT2D eigenvalue weighted by Crippen LogP contribution is -2.33. The summed E-state index contributed by atoms with van der Waals surface area (Å²) in [5, 5.41) is 20.5. The summed E-state index contributed by atoms with van der Waals surface area (Å²) in [5.74, 6) is -1.31. The van der Waals surface area contributed by atoms with Crippen molar-refractivity contribution in [1.29, 1.82) is 0 Å². The van der Waals surface area contributed by atoms with Crippen LogP contribution in [-0.4, -0.2) is 69.1 Å². The van der Waals surface area contributed by atoms with Crippen LogP contribution < -0.4 is 5.56 Å². The summed E-state index contributed by atoms with van der Waals surface area (Å²) in [6.45, 7) is -1.05. The predicted molar refractivity (Wildman–Crippen MR) is 106 cm³/mol. The number of phosphoric acid groups is 3. The Labute approximate surface area is 191 Å². The maximum absolute atomic E-state index is 14.1. The lowest BCUT2D eigenvalue weighted by Gasteiger charge is -2.19. The standard InChI is InChI=1S/C12H15FN3O14P3S/c13-6-1-7(17)14-12-15-11(34)4(2-16(6)12)10-9(19)8(18)5(28-10)3-27-32(23,24)30-33(25,26)29-31(20,21)22/h1-2,5,8-10,18-19H,3H2,(H,23,24)(H,25,26)(H2,20,21,22)(H,14,15,17,34)/t5-,8?,9+,10+/m1/s1. The van der Waals surface area contributed by atoms with Crippen LogP contribution in [0.3, 0.4) is 0 Å². The number of nitrogens with zero attached hydrogens (tertiary/aromatic N) is 2. The summed E-state index contributed by atoms with van der Waals surface area (Å²) in [4.78, 5) is 53.1. The topological polar surface area (TPSA) is 260 Å². The predicted octanol–water partition coefficient (Wildman–Crippen LogP) is -0.604. The van der Waals surface area contributed by atoms with Gasteiger partial charge in [0.2, 0.25) is 11.7 Å². The van der Waals surface area contributed by atoms with E-state index in [9.17, 15) is 38.0 Å². The summed E-state index contributed by atoms with van der Waals surface area (Å²) in [6, 6.07) is 0.605. The minimum Gasteiger partial charge on any atom is -0.387 e. The highest BCUT2D eigenvalue weighted by atomic mass is 32.1. The number of fused-ring (bicyclic) bond motifs is 1. The molecule has 3 heterocycles. The van der Waals surface area contributed by atoms with E-state index < -0.39 is 66.0 Å². The monoisotopic (exact) mass is 569 g/mol. The van der Waals surface area contributed by atoms with Crippen LogP contribution in [0.5, 0.6) is 0 Å². The zero-order valence-corrected chi connectivity index (χ0v) is 19.6. The van der Waals surface area contributed by atoms with Crippen molar-refractivity contribution in [3.8, 4) is 0 Å². The fourth-order valence-electron chi connectivity index (χ4n) is 2.85. The van der Waals surface area contributed by atoms with Crippen molar-refractivity contribution in [1.82, 2.24) is 14.4 Å². The van der Waals surface area contributed by atoms with Crippen molar-refractivity contribution in [2.75, 3.05) is 6.61 Å². The third-order valence-corrected chi connectivity index (χ3v) is 8.28. The second-order valence-electron chi connectivity index (χ2n) is 6.61. The second-order valence-corrected chi connectivity index (χ2v) is 11.4. The molecule has 1 aliphatic heterocycles. The molecule has 22 heteroatoms. The van der Waals surface area contributed by atoms with Gasteiger partial charge in [-0.15, -0.1) is 0 Å². The van der Waals surface area contributed by atoms with E-state index in [4.69, 9.17) is 31.6 Å². The normalized spacial score (nSPS) is 26.9. The molecular weight excluding hydrogens is 554 g/mol. The van der Waals surface area contributed by atoms with Gasteiger partial charge in [-0.2, -0.15) is 13.0 Å². The third-order valence-electron chi connectivity index (χ3n) is 4.15. The van der Waals surface area contributed by atoms with Gasteiger partial charge in [0.25, 0.3) is 5.56 Å². The van der Waals surface area contributed by atoms with Gasteiger partial charge in [-0.1, -0.05) is 12.2 Å². The average Bonchev–Trinajstić information content (AvgIpc) is 2.91. The van der Waals surface area contributed by atoms with Gasteiger partial charge < -0.3 is 34.5 Å². The quantitative estimate of drug-likeness (QED) is 0.119. The lowest BCUT2D eigenvalue weighted by molar-refractivity contribution is -0.0226. The Hall–Kier alpha value is -1.27. The van der Waals surface area contributed by atoms with Crippen LogP contribution in [0.1, 0.15) is 11.7 Å². The molecule has 1 fully saturated rings. The lowest BCUT2D eigenvalue weighted by atomic mass is 10.0. The first kappa shape index (κ1) is 27.3. The molecule has 6 atom stereocenters. The van der Waals surface area contributed by atoms with E-state index in [1.807, 2.05) is 0 Å². The number of phosphoric ester groups is 1. The molecule has 7 N–H and O–H groups in total. The highest BCUT2D eigenvalue weighted by Gasteiger charge is 2.46. The molecule has 0 aliphatic carbocycles. The van der Waals surface area contributed by atoms with Crippen LogP contribution in [0.25, 0.3) is 5.78 Å². The van der Waals surface area contributed by atoms with Crippen LogP contribution in [0.4, 0.5) is 4.39 Å². The molecule has 0 spiro atoms. The second kappa shape index (κ2) is 9.65. The molecule has 34 heavy (non-hydrogen) atoms. The van der Waals surface area contributed by atoms with Gasteiger partial charge in [-0.25, -0.2) is 18.7 Å². The minimum absolute atomic E-state index is 0.120. The van der Waals surface area contributed by atoms with Crippen LogP contribution in [0, 0.1) is 10.6 Å². The van der Waals surface area contributed by atoms with E-state index in [1.165, 1.54) is 0 Å². The first-order chi connectivity index (χ1) is 15.5. The molecule has 3 unspecified atom stereocenters. The Morgan fingerprint density at radius 3 is 2.41 bits per heavy atom. The van der Waals surface area contributed by atoms with Gasteiger partial charge in [0.15, 0.2) is 0 Å². The van der Waals surface area contributed by atoms with E-state index in [2.05, 4.69) is 23.1 Å². The van der Waals surface area contributed by atoms with Crippen molar-refractivity contribution < 1.29 is 65.8 Å². The zero-order chi connectivity index (χ0) is 25.6. The van der Waals surface area contributed by atoms with Gasteiger partial charge in [-0.3, -0.25) is 18.7 Å². The number of ether oxygens (including phenoxy) is 1. The van der Waals surface area contributed by atoms with Crippen LogP contribution in [-0.2, 0) is 31.6 Å². The Kier molecular flexibility index (Phi) is 7.75. The Morgan fingerprint density at radius 1 is 1.15 bits per heavy atom. The van der Waals surface area contributed by atoms with Crippen LogP contribution in [0.2, 0.25) is 0 Å². The fourth-order valence-corrected chi connectivity index (χ4v) is 6.14. The molecule has 0 saturated carbocycles. The first-order valence-electron chi connectivity index (χ1n) is 8.60. The summed E-state index contributed by atoms with van der Waals surface area (Å²) < 4.78 is 65.3. The number of rotatable bonds is 8. The first-order valence-corrected chi connectivity index (χ1v) is 13.5. The van der Waals surface area contributed by atoms with Crippen molar-refractivity contribution in [3.05, 3.63) is 38.8 Å². The number of aliphatic hydroxyl groups excluding tert-OH is 2. The van der Waals surface area contributed by atoms with Gasteiger partial charge >= 0.3 is 23.5 Å². The van der Waals surface area contributed by atoms with Gasteiger partial charge in [0, 0.05) is 11.8 Å². The molecule has 0 aromatic carbocycles. The molecule has 2 aromatic heterocycles. The number of nitrogens with one attached hydrogen (secondary N) is 1. The minimum atomic E-state index is -5.76. The van der Waals surface area contributed by atoms with E-state index >= 15 is 0 Å². The van der Waals surface area contributed by atoms with E-state index in [1.54, 1.807) is 0 Å². The van der Waals surface area contributed by atoms with Crippen LogP contribution >= 0.6 is 35.7 Å². The third kappa shape index (κ3) is 6.48. The molecule has 3 rings (SSSR count). The van der Waals surface area contributed by atoms with Crippen molar-refractivity contribution >= 4 is 41.5 Å². The molecular formula is C12H15FN3O14P3S. The number of aromatic amines is 1. The van der Waals surface area contributed by atoms with Crippen molar-refractivity contribution in [2.24, 2.45) is 0 Å². The number of aliphatic hydroxyl groups is 2. The molecule has 0 amide bonds. The van der Waals surface area contributed by atoms with Crippen LogP contribution in [0.15, 0.2) is 17.1 Å². The summed E-state index contributed by atoms with van der Waals surface area (Å²) in [5.41, 5.74) is -0.919. The highest BCUT2D eigenvalue weighted by Crippen LogP contribution is 2.66. The zero-order valence-electron chi connectivity index (χ0n) is 16.1. The summed E-state index contributed by atoms with van der Waals surface area (Å²) in [7, 11) is -16.9. The Balaban J connectivity index is 1.77. The molecule has 2 aromatic rings. The molecule has 0 bridgehead atoms. The summed E-state index contributed by atoms with van der Waals surface area (Å²) in [6.07, 6.45) is -5.57. The fraction of sp³-hybridized carbons (Fsp3) is 0.417. The van der Waals surface area contributed by atoms with Gasteiger partial charge in [0.05, 0.1) is 12.7 Å². The van der Waals surface area contributed by atoms with Gasteiger partial charge in [-0.05, 0) is 0 Å². The Bertz CT molecular complexity index is 1360. The average molecular weight is 569 g/mol. The van der Waals surface area contributed by atoms with Gasteiger partial charge in [0.1, 0.15) is 29.1 Å². The number of halogens is 1. The summed E-state index contributed by atoms with van der Waals surface area (Å²) >= 11 is 5.05. The number of H-pyrrole nitrogens is 1. The Morgan fingerprint density at radius 2 is 1.79 bits per heavy atom. The number of aromatic nitrogens is 3. The number of hydrogen-bond donors (Lipinski definition) is 7. The number of hydrogen-bond acceptors (Lipinski definition) is 12. The van der Waals surface area contributed by atoms with E-state index in [-0.39, 0.29) is 16.0 Å². The molecule has 1 saturated heterocycles. The van der Waals surface area contributed by atoms with Crippen molar-refractivity contribution in [3.63, 3.8) is 0 Å². The molecule has 1 aliphatic rings. The SMILES string of the molecule is O=c1cc(F)n2cc([C@@H]3O[C@H](COP(=O)(O)OP(=O)(O)OP(=O)(O)O)C(O)[C@@H]3O)c(=S)nc2[nH]1.